The lowest BCUT2D eigenvalue weighted by Crippen LogP contribution is -2.54. The number of rotatable bonds is 11. The SMILES string of the molecule is Cc1cccc(N(CC(=O)N(Cc2ccccc2Cl)C(Cc2ccccc2)C(=O)NC(C)C)S(C)(=O)=O)c1C. The summed E-state index contributed by atoms with van der Waals surface area (Å²) in [5, 5.41) is 3.38. The van der Waals surface area contributed by atoms with Crippen molar-refractivity contribution in [1.82, 2.24) is 10.2 Å². The van der Waals surface area contributed by atoms with Crippen LogP contribution in [-0.2, 0) is 32.6 Å². The fraction of sp³-hybridized carbons (Fsp3) is 0.333. The summed E-state index contributed by atoms with van der Waals surface area (Å²) in [5.41, 5.74) is 3.61. The number of hydrogen-bond donors (Lipinski definition) is 1. The van der Waals surface area contributed by atoms with Gasteiger partial charge in [0, 0.05) is 24.0 Å². The van der Waals surface area contributed by atoms with Gasteiger partial charge in [0.15, 0.2) is 0 Å². The quantitative estimate of drug-likeness (QED) is 0.356. The zero-order chi connectivity index (χ0) is 28.7. The largest absolute Gasteiger partial charge is 0.352 e. The molecule has 1 atom stereocenters. The Morgan fingerprint density at radius 3 is 2.18 bits per heavy atom. The number of amides is 2. The highest BCUT2D eigenvalue weighted by atomic mass is 35.5. The molecule has 3 rings (SSSR count). The zero-order valence-corrected chi connectivity index (χ0v) is 24.6. The number of anilines is 1. The van der Waals surface area contributed by atoms with E-state index >= 15 is 0 Å². The monoisotopic (exact) mass is 569 g/mol. The number of sulfonamides is 1. The number of nitrogens with zero attached hydrogens (tertiary/aromatic N) is 2. The predicted octanol–water partition coefficient (Wildman–Crippen LogP) is 4.89. The minimum absolute atomic E-state index is 0.0337. The molecule has 0 spiro atoms. The molecule has 1 unspecified atom stereocenters. The first-order valence-corrected chi connectivity index (χ1v) is 15.0. The van der Waals surface area contributed by atoms with Crippen molar-refractivity contribution in [2.45, 2.75) is 52.7 Å². The molecule has 0 aliphatic rings. The Morgan fingerprint density at radius 1 is 0.923 bits per heavy atom. The van der Waals surface area contributed by atoms with E-state index in [9.17, 15) is 18.0 Å². The molecule has 0 aromatic heterocycles. The van der Waals surface area contributed by atoms with Crippen LogP contribution in [0.15, 0.2) is 72.8 Å². The normalized spacial score (nSPS) is 12.2. The van der Waals surface area contributed by atoms with Crippen LogP contribution in [0.25, 0.3) is 0 Å². The van der Waals surface area contributed by atoms with Gasteiger partial charge in [-0.25, -0.2) is 8.42 Å². The Balaban J connectivity index is 2.09. The highest BCUT2D eigenvalue weighted by molar-refractivity contribution is 7.92. The Kier molecular flexibility index (Phi) is 10.2. The molecular weight excluding hydrogens is 534 g/mol. The summed E-state index contributed by atoms with van der Waals surface area (Å²) in [6.45, 7) is 6.98. The van der Waals surface area contributed by atoms with Crippen molar-refractivity contribution in [2.24, 2.45) is 0 Å². The van der Waals surface area contributed by atoms with Crippen LogP contribution in [0.5, 0.6) is 0 Å². The summed E-state index contributed by atoms with van der Waals surface area (Å²) in [6.07, 6.45) is 1.32. The van der Waals surface area contributed by atoms with Gasteiger partial charge in [-0.15, -0.1) is 0 Å². The maximum absolute atomic E-state index is 14.1. The summed E-state index contributed by atoms with van der Waals surface area (Å²) in [7, 11) is -3.83. The summed E-state index contributed by atoms with van der Waals surface area (Å²) in [6, 6.07) is 20.8. The van der Waals surface area contributed by atoms with Gasteiger partial charge in [0.2, 0.25) is 21.8 Å². The van der Waals surface area contributed by atoms with Gasteiger partial charge in [-0.2, -0.15) is 0 Å². The molecule has 0 heterocycles. The number of hydrogen-bond acceptors (Lipinski definition) is 4. The summed E-state index contributed by atoms with van der Waals surface area (Å²) in [4.78, 5) is 29.1. The highest BCUT2D eigenvalue weighted by Gasteiger charge is 2.34. The predicted molar refractivity (Wildman–Crippen MR) is 157 cm³/mol. The van der Waals surface area contributed by atoms with Crippen LogP contribution in [-0.4, -0.2) is 50.0 Å². The van der Waals surface area contributed by atoms with Crippen LogP contribution >= 0.6 is 11.6 Å². The second-order valence-corrected chi connectivity index (χ2v) is 12.3. The molecule has 39 heavy (non-hydrogen) atoms. The van der Waals surface area contributed by atoms with Crippen LogP contribution in [0.2, 0.25) is 5.02 Å². The maximum atomic E-state index is 14.1. The van der Waals surface area contributed by atoms with E-state index in [0.29, 0.717) is 16.3 Å². The number of nitrogens with one attached hydrogen (secondary N) is 1. The van der Waals surface area contributed by atoms with Crippen molar-refractivity contribution in [3.05, 3.63) is 100 Å². The first kappa shape index (κ1) is 30.2. The van der Waals surface area contributed by atoms with Crippen molar-refractivity contribution in [2.75, 3.05) is 17.1 Å². The van der Waals surface area contributed by atoms with Crippen molar-refractivity contribution >= 4 is 39.1 Å². The number of benzene rings is 3. The molecule has 0 aliphatic heterocycles. The molecule has 0 bridgehead atoms. The maximum Gasteiger partial charge on any atom is 0.244 e. The average Bonchev–Trinajstić information content (AvgIpc) is 2.87. The molecule has 0 fully saturated rings. The molecular formula is C30H36ClN3O4S. The Labute approximate surface area is 236 Å². The van der Waals surface area contributed by atoms with Crippen LogP contribution in [0.4, 0.5) is 5.69 Å². The molecule has 208 valence electrons. The van der Waals surface area contributed by atoms with Gasteiger partial charge in [-0.05, 0) is 62.1 Å². The van der Waals surface area contributed by atoms with Gasteiger partial charge in [0.05, 0.1) is 11.9 Å². The average molecular weight is 570 g/mol. The zero-order valence-electron chi connectivity index (χ0n) is 23.0. The molecule has 0 saturated carbocycles. The van der Waals surface area contributed by atoms with E-state index < -0.39 is 28.5 Å². The first-order chi connectivity index (χ1) is 18.4. The number of halogens is 1. The fourth-order valence-corrected chi connectivity index (χ4v) is 5.44. The lowest BCUT2D eigenvalue weighted by Gasteiger charge is -2.34. The molecule has 3 aromatic carbocycles. The molecule has 0 aliphatic carbocycles. The molecule has 1 N–H and O–H groups in total. The van der Waals surface area contributed by atoms with Crippen LogP contribution in [0.1, 0.15) is 36.1 Å². The minimum Gasteiger partial charge on any atom is -0.352 e. The lowest BCUT2D eigenvalue weighted by atomic mass is 10.0. The molecule has 0 radical (unpaired) electrons. The van der Waals surface area contributed by atoms with Gasteiger partial charge >= 0.3 is 0 Å². The van der Waals surface area contributed by atoms with Gasteiger partial charge < -0.3 is 10.2 Å². The van der Waals surface area contributed by atoms with E-state index in [1.807, 2.05) is 70.2 Å². The molecule has 9 heteroatoms. The lowest BCUT2D eigenvalue weighted by molar-refractivity contribution is -0.140. The second kappa shape index (κ2) is 13.1. The summed E-state index contributed by atoms with van der Waals surface area (Å²) in [5.74, 6) is -0.840. The highest BCUT2D eigenvalue weighted by Crippen LogP contribution is 2.26. The van der Waals surface area contributed by atoms with Crippen LogP contribution in [0.3, 0.4) is 0 Å². The van der Waals surface area contributed by atoms with E-state index in [4.69, 9.17) is 11.6 Å². The van der Waals surface area contributed by atoms with Crippen molar-refractivity contribution < 1.29 is 18.0 Å². The van der Waals surface area contributed by atoms with Crippen LogP contribution < -0.4 is 9.62 Å². The van der Waals surface area contributed by atoms with E-state index in [1.54, 1.807) is 30.3 Å². The Bertz CT molecular complexity index is 1410. The molecule has 2 amide bonds. The Hall–Kier alpha value is -3.36. The Morgan fingerprint density at radius 2 is 1.56 bits per heavy atom. The number of carbonyl (C=O) groups is 2. The van der Waals surface area contributed by atoms with Gasteiger partial charge in [0.1, 0.15) is 12.6 Å². The number of carbonyl (C=O) groups excluding carboxylic acids is 2. The summed E-state index contributed by atoms with van der Waals surface area (Å²) >= 11 is 6.47. The standard InChI is InChI=1S/C30H36ClN3O4S/c1-21(2)32-30(36)28(18-24-13-7-6-8-14-24)33(19-25-15-9-10-16-26(25)31)29(35)20-34(39(5,37)38)27-17-11-12-22(3)23(27)4/h6-17,21,28H,18-20H2,1-5H3,(H,32,36). The third kappa shape index (κ3) is 8.07. The topological polar surface area (TPSA) is 86.8 Å². The van der Waals surface area contributed by atoms with Crippen LogP contribution in [0, 0.1) is 13.8 Å². The van der Waals surface area contributed by atoms with E-state index in [1.165, 1.54) is 4.90 Å². The smallest absolute Gasteiger partial charge is 0.244 e. The molecule has 7 nitrogen and oxygen atoms in total. The van der Waals surface area contributed by atoms with Gasteiger partial charge in [-0.1, -0.05) is 72.3 Å². The molecule has 0 saturated heterocycles. The van der Waals surface area contributed by atoms with Gasteiger partial charge in [0.25, 0.3) is 0 Å². The third-order valence-electron chi connectivity index (χ3n) is 6.52. The first-order valence-electron chi connectivity index (χ1n) is 12.8. The van der Waals surface area contributed by atoms with E-state index in [0.717, 1.165) is 27.3 Å². The van der Waals surface area contributed by atoms with Crippen molar-refractivity contribution in [3.63, 3.8) is 0 Å². The molecule has 3 aromatic rings. The second-order valence-electron chi connectivity index (χ2n) is 9.97. The van der Waals surface area contributed by atoms with Crippen molar-refractivity contribution in [3.8, 4) is 0 Å². The number of aryl methyl sites for hydroxylation is 1. The van der Waals surface area contributed by atoms with Crippen molar-refractivity contribution in [1.29, 1.82) is 0 Å². The minimum atomic E-state index is -3.83. The van der Waals surface area contributed by atoms with E-state index in [2.05, 4.69) is 5.32 Å². The third-order valence-corrected chi connectivity index (χ3v) is 8.02. The fourth-order valence-electron chi connectivity index (χ4n) is 4.35. The van der Waals surface area contributed by atoms with Gasteiger partial charge in [-0.3, -0.25) is 13.9 Å². The summed E-state index contributed by atoms with van der Waals surface area (Å²) < 4.78 is 27.0. The van der Waals surface area contributed by atoms with E-state index in [-0.39, 0.29) is 24.9 Å².